The Bertz CT molecular complexity index is 734. The molecule has 0 saturated carbocycles. The summed E-state index contributed by atoms with van der Waals surface area (Å²) in [7, 11) is 3.93. The summed E-state index contributed by atoms with van der Waals surface area (Å²) < 4.78 is 0. The van der Waals surface area contributed by atoms with E-state index in [-0.39, 0.29) is 11.9 Å². The third kappa shape index (κ3) is 4.19. The summed E-state index contributed by atoms with van der Waals surface area (Å²) in [6.07, 6.45) is 4.43. The van der Waals surface area contributed by atoms with Crippen LogP contribution in [0.4, 0.5) is 5.95 Å². The van der Waals surface area contributed by atoms with Gasteiger partial charge in [-0.15, -0.1) is 0 Å². The molecule has 6 heteroatoms. The van der Waals surface area contributed by atoms with Crippen LogP contribution in [0, 0.1) is 6.92 Å². The summed E-state index contributed by atoms with van der Waals surface area (Å²) in [6.45, 7) is 5.13. The molecule has 3 rings (SSSR count). The van der Waals surface area contributed by atoms with Crippen molar-refractivity contribution in [2.45, 2.75) is 19.4 Å². The largest absolute Gasteiger partial charge is 0.339 e. The maximum atomic E-state index is 13.3. The molecule has 138 valence electrons. The molecule has 0 spiro atoms. The van der Waals surface area contributed by atoms with E-state index in [9.17, 15) is 4.79 Å². The fourth-order valence-corrected chi connectivity index (χ4v) is 3.47. The van der Waals surface area contributed by atoms with Crippen LogP contribution in [0.5, 0.6) is 0 Å². The van der Waals surface area contributed by atoms with Crippen molar-refractivity contribution < 1.29 is 4.79 Å². The maximum absolute atomic E-state index is 13.3. The first-order chi connectivity index (χ1) is 12.6. The van der Waals surface area contributed by atoms with E-state index < -0.39 is 0 Å². The van der Waals surface area contributed by atoms with Crippen LogP contribution in [0.2, 0.25) is 0 Å². The Labute approximate surface area is 155 Å². The van der Waals surface area contributed by atoms with Crippen molar-refractivity contribution in [2.24, 2.45) is 0 Å². The lowest BCUT2D eigenvalue weighted by atomic mass is 10.0. The number of benzene rings is 1. The highest BCUT2D eigenvalue weighted by Gasteiger charge is 2.29. The van der Waals surface area contributed by atoms with Crippen LogP contribution >= 0.6 is 0 Å². The molecule has 1 fully saturated rings. The van der Waals surface area contributed by atoms with Crippen LogP contribution in [-0.2, 0) is 4.79 Å². The van der Waals surface area contributed by atoms with Crippen LogP contribution < -0.4 is 4.90 Å². The number of hydrogen-bond donors (Lipinski definition) is 0. The number of nitrogens with zero attached hydrogens (tertiary/aromatic N) is 5. The first-order valence-corrected chi connectivity index (χ1v) is 9.10. The first kappa shape index (κ1) is 18.3. The monoisotopic (exact) mass is 353 g/mol. The molecule has 1 atom stereocenters. The Morgan fingerprint density at radius 3 is 2.54 bits per heavy atom. The fraction of sp³-hybridized carbons (Fsp3) is 0.450. The van der Waals surface area contributed by atoms with E-state index in [4.69, 9.17) is 0 Å². The van der Waals surface area contributed by atoms with E-state index >= 15 is 0 Å². The second-order valence-corrected chi connectivity index (χ2v) is 6.99. The van der Waals surface area contributed by atoms with Gasteiger partial charge in [-0.2, -0.15) is 0 Å². The summed E-state index contributed by atoms with van der Waals surface area (Å²) in [5.41, 5.74) is 2.22. The molecule has 6 nitrogen and oxygen atoms in total. The van der Waals surface area contributed by atoms with Gasteiger partial charge in [0.2, 0.25) is 11.9 Å². The van der Waals surface area contributed by atoms with E-state index in [0.717, 1.165) is 37.6 Å². The van der Waals surface area contributed by atoms with Crippen molar-refractivity contribution in [3.8, 4) is 0 Å². The molecule has 0 aliphatic carbocycles. The van der Waals surface area contributed by atoms with Gasteiger partial charge >= 0.3 is 0 Å². The highest BCUT2D eigenvalue weighted by Crippen LogP contribution is 2.23. The Morgan fingerprint density at radius 2 is 1.85 bits per heavy atom. The quantitative estimate of drug-likeness (QED) is 0.843. The zero-order valence-electron chi connectivity index (χ0n) is 15.8. The second kappa shape index (κ2) is 8.27. The van der Waals surface area contributed by atoms with Crippen molar-refractivity contribution in [2.75, 3.05) is 45.2 Å². The fourth-order valence-electron chi connectivity index (χ4n) is 3.47. The maximum Gasteiger partial charge on any atom is 0.244 e. The van der Waals surface area contributed by atoms with E-state index in [1.165, 1.54) is 5.56 Å². The van der Waals surface area contributed by atoms with Gasteiger partial charge in [-0.05, 0) is 39.1 Å². The number of likely N-dealkylation sites (N-methyl/N-ethyl adjacent to an activating group) is 1. The van der Waals surface area contributed by atoms with Crippen molar-refractivity contribution in [3.63, 3.8) is 0 Å². The zero-order chi connectivity index (χ0) is 18.5. The normalized spacial score (nSPS) is 16.5. The van der Waals surface area contributed by atoms with Gasteiger partial charge in [0.15, 0.2) is 0 Å². The number of carbonyl (C=O) groups excluding carboxylic acids is 1. The number of carbonyl (C=O) groups is 1. The van der Waals surface area contributed by atoms with Gasteiger partial charge in [0.1, 0.15) is 6.04 Å². The molecule has 0 radical (unpaired) electrons. The highest BCUT2D eigenvalue weighted by molar-refractivity contribution is 5.83. The first-order valence-electron chi connectivity index (χ1n) is 9.10. The molecule has 1 aliphatic heterocycles. The van der Waals surface area contributed by atoms with Gasteiger partial charge in [-0.25, -0.2) is 9.97 Å². The predicted octanol–water partition coefficient (Wildman–Crippen LogP) is 2.13. The van der Waals surface area contributed by atoms with Crippen LogP contribution in [0.25, 0.3) is 0 Å². The molecular formula is C20H27N5O. The smallest absolute Gasteiger partial charge is 0.244 e. The Kier molecular flexibility index (Phi) is 5.83. The molecule has 26 heavy (non-hydrogen) atoms. The SMILES string of the molecule is Cc1cccc(C(C(=O)N2CCCN(c3ncccn3)CC2)N(C)C)c1. The Hall–Kier alpha value is -2.47. The third-order valence-electron chi connectivity index (χ3n) is 4.75. The van der Waals surface area contributed by atoms with Crippen molar-refractivity contribution >= 4 is 11.9 Å². The second-order valence-electron chi connectivity index (χ2n) is 6.99. The van der Waals surface area contributed by atoms with Crippen molar-refractivity contribution in [1.82, 2.24) is 19.8 Å². The average molecular weight is 353 g/mol. The van der Waals surface area contributed by atoms with Crippen LogP contribution in [0.1, 0.15) is 23.6 Å². The number of amides is 1. The summed E-state index contributed by atoms with van der Waals surface area (Å²) in [5, 5.41) is 0. The minimum absolute atomic E-state index is 0.163. The molecule has 0 bridgehead atoms. The van der Waals surface area contributed by atoms with E-state index in [1.807, 2.05) is 42.1 Å². The molecule has 1 aromatic carbocycles. The van der Waals surface area contributed by atoms with Gasteiger partial charge in [0, 0.05) is 38.6 Å². The average Bonchev–Trinajstić information content (AvgIpc) is 2.88. The van der Waals surface area contributed by atoms with E-state index in [0.29, 0.717) is 6.54 Å². The third-order valence-corrected chi connectivity index (χ3v) is 4.75. The van der Waals surface area contributed by atoms with E-state index in [2.05, 4.69) is 33.9 Å². The minimum atomic E-state index is -0.255. The number of aromatic nitrogens is 2. The number of rotatable bonds is 4. The summed E-state index contributed by atoms with van der Waals surface area (Å²) in [5.74, 6) is 0.904. The molecule has 1 unspecified atom stereocenters. The number of hydrogen-bond acceptors (Lipinski definition) is 5. The topological polar surface area (TPSA) is 52.6 Å². The van der Waals surface area contributed by atoms with Gasteiger partial charge < -0.3 is 9.80 Å². The minimum Gasteiger partial charge on any atom is -0.339 e. The van der Waals surface area contributed by atoms with Gasteiger partial charge in [0.05, 0.1) is 0 Å². The van der Waals surface area contributed by atoms with Crippen LogP contribution in [0.15, 0.2) is 42.7 Å². The Morgan fingerprint density at radius 1 is 1.08 bits per heavy atom. The molecule has 2 heterocycles. The zero-order valence-corrected chi connectivity index (χ0v) is 15.8. The van der Waals surface area contributed by atoms with Gasteiger partial charge in [-0.1, -0.05) is 29.8 Å². The number of aryl methyl sites for hydroxylation is 1. The van der Waals surface area contributed by atoms with Crippen LogP contribution in [0.3, 0.4) is 0 Å². The molecule has 1 aromatic heterocycles. The molecule has 1 saturated heterocycles. The standard InChI is InChI=1S/C20H27N5O/c1-16-7-4-8-17(15-16)18(23(2)3)19(26)24-11-6-12-25(14-13-24)20-21-9-5-10-22-20/h4-5,7-10,15,18H,6,11-14H2,1-3H3. The lowest BCUT2D eigenvalue weighted by Crippen LogP contribution is -2.42. The summed E-state index contributed by atoms with van der Waals surface area (Å²) in [6, 6.07) is 9.78. The molecule has 0 N–H and O–H groups in total. The molecule has 1 aliphatic rings. The highest BCUT2D eigenvalue weighted by atomic mass is 16.2. The van der Waals surface area contributed by atoms with Crippen molar-refractivity contribution in [3.05, 3.63) is 53.9 Å². The van der Waals surface area contributed by atoms with Gasteiger partial charge in [-0.3, -0.25) is 9.69 Å². The molecule has 2 aromatic rings. The Balaban J connectivity index is 1.74. The summed E-state index contributed by atoms with van der Waals surface area (Å²) >= 11 is 0. The predicted molar refractivity (Wildman–Crippen MR) is 103 cm³/mol. The number of anilines is 1. The molecule has 1 amide bonds. The van der Waals surface area contributed by atoms with Crippen LogP contribution in [-0.4, -0.2) is 65.9 Å². The molecular weight excluding hydrogens is 326 g/mol. The lowest BCUT2D eigenvalue weighted by molar-refractivity contribution is -0.136. The van der Waals surface area contributed by atoms with Gasteiger partial charge in [0.25, 0.3) is 0 Å². The lowest BCUT2D eigenvalue weighted by Gasteiger charge is -2.30. The van der Waals surface area contributed by atoms with E-state index in [1.54, 1.807) is 12.4 Å². The summed E-state index contributed by atoms with van der Waals surface area (Å²) in [4.78, 5) is 28.1. The van der Waals surface area contributed by atoms with Crippen molar-refractivity contribution in [1.29, 1.82) is 0 Å².